The number of rotatable bonds is 4. The van der Waals surface area contributed by atoms with Gasteiger partial charge in [-0.05, 0) is 24.5 Å². The summed E-state index contributed by atoms with van der Waals surface area (Å²) in [5.74, 6) is 0.0656. The van der Waals surface area contributed by atoms with Crippen LogP contribution in [-0.2, 0) is 21.3 Å². The maximum Gasteiger partial charge on any atom is 0.433 e. The lowest BCUT2D eigenvalue weighted by atomic mass is 9.96. The highest BCUT2D eigenvalue weighted by Crippen LogP contribution is 2.48. The van der Waals surface area contributed by atoms with Crippen LogP contribution in [0.25, 0.3) is 16.9 Å². The largest absolute Gasteiger partial charge is 0.433 e. The van der Waals surface area contributed by atoms with E-state index in [1.54, 1.807) is 25.1 Å². The first-order valence-corrected chi connectivity index (χ1v) is 10.6. The lowest BCUT2D eigenvalue weighted by Crippen LogP contribution is -2.08. The molecule has 1 unspecified atom stereocenters. The van der Waals surface area contributed by atoms with Crippen molar-refractivity contribution in [2.75, 3.05) is 5.75 Å². The van der Waals surface area contributed by atoms with Crippen molar-refractivity contribution in [2.24, 2.45) is 0 Å². The quantitative estimate of drug-likeness (QED) is 0.678. The van der Waals surface area contributed by atoms with E-state index >= 15 is 0 Å². The molecule has 1 saturated carbocycles. The molecule has 0 aliphatic heterocycles. The highest BCUT2D eigenvalue weighted by molar-refractivity contribution is 7.92. The Bertz CT molecular complexity index is 1270. The second-order valence-electron chi connectivity index (χ2n) is 7.03. The number of nitrogens with zero attached hydrogens (tertiary/aromatic N) is 4. The summed E-state index contributed by atoms with van der Waals surface area (Å²) in [7, 11) is -3.16. The van der Waals surface area contributed by atoms with E-state index in [-0.39, 0.29) is 16.3 Å². The Hall–Kier alpha value is -2.93. The molecule has 0 spiro atoms. The smallest absolute Gasteiger partial charge is 0.290 e. The Morgan fingerprint density at radius 1 is 1.34 bits per heavy atom. The van der Waals surface area contributed by atoms with Crippen LogP contribution in [0.5, 0.6) is 0 Å². The van der Waals surface area contributed by atoms with E-state index in [9.17, 15) is 22.6 Å². The lowest BCUT2D eigenvalue weighted by molar-refractivity contribution is -0.141. The standard InChI is InChI=1S/C19H16F3N5OS/c1-2-29(24,28)15-7-12(18(10-23)5-6-18)3-4-13(15)14-9-27-11-25-16(19(20,21)22)8-17(27)26-14/h3-4,7-9,11,24H,2,5-6H2,1H3. The molecule has 2 heterocycles. The van der Waals surface area contributed by atoms with E-state index in [4.69, 9.17) is 4.78 Å². The number of fused-ring (bicyclic) bond motifs is 1. The zero-order valence-corrected chi connectivity index (χ0v) is 16.1. The number of alkyl halides is 3. The van der Waals surface area contributed by atoms with Gasteiger partial charge < -0.3 is 0 Å². The highest BCUT2D eigenvalue weighted by Gasteiger charge is 2.45. The minimum atomic E-state index is -4.59. The number of aromatic nitrogens is 3. The third kappa shape index (κ3) is 3.25. The van der Waals surface area contributed by atoms with E-state index in [2.05, 4.69) is 16.0 Å². The number of nitrogens with one attached hydrogen (secondary N) is 1. The van der Waals surface area contributed by atoms with E-state index in [1.807, 2.05) is 0 Å². The first-order valence-electron chi connectivity index (χ1n) is 8.84. The monoisotopic (exact) mass is 419 g/mol. The summed E-state index contributed by atoms with van der Waals surface area (Å²) < 4.78 is 61.3. The predicted molar refractivity (Wildman–Crippen MR) is 99.6 cm³/mol. The van der Waals surface area contributed by atoms with Crippen molar-refractivity contribution in [3.05, 3.63) is 48.0 Å². The molecular weight excluding hydrogens is 403 g/mol. The fraction of sp³-hybridized carbons (Fsp3) is 0.316. The minimum absolute atomic E-state index is 0.0426. The van der Waals surface area contributed by atoms with Crippen LogP contribution >= 0.6 is 0 Å². The van der Waals surface area contributed by atoms with Gasteiger partial charge in [0.2, 0.25) is 0 Å². The first-order chi connectivity index (χ1) is 13.6. The molecule has 0 saturated heterocycles. The zero-order chi connectivity index (χ0) is 21.0. The molecule has 6 nitrogen and oxygen atoms in total. The highest BCUT2D eigenvalue weighted by atomic mass is 32.2. The number of halogens is 3. The first kappa shape index (κ1) is 19.4. The third-order valence-electron chi connectivity index (χ3n) is 5.17. The average Bonchev–Trinajstić information content (AvgIpc) is 3.38. The van der Waals surface area contributed by atoms with Crippen LogP contribution < -0.4 is 0 Å². The van der Waals surface area contributed by atoms with Gasteiger partial charge in [0, 0.05) is 23.6 Å². The molecule has 1 N–H and O–H groups in total. The number of nitriles is 1. The summed E-state index contributed by atoms with van der Waals surface area (Å²) in [5.41, 5.74) is -0.219. The summed E-state index contributed by atoms with van der Waals surface area (Å²) >= 11 is 0. The maximum atomic E-state index is 12.9. The molecule has 3 aromatic rings. The number of hydrogen-bond donors (Lipinski definition) is 1. The average molecular weight is 419 g/mol. The van der Waals surface area contributed by atoms with Crippen molar-refractivity contribution >= 4 is 15.4 Å². The van der Waals surface area contributed by atoms with Crippen molar-refractivity contribution < 1.29 is 17.4 Å². The van der Waals surface area contributed by atoms with Crippen molar-refractivity contribution in [3.63, 3.8) is 0 Å². The van der Waals surface area contributed by atoms with Crippen molar-refractivity contribution in [2.45, 2.75) is 36.3 Å². The van der Waals surface area contributed by atoms with Gasteiger partial charge >= 0.3 is 6.18 Å². The van der Waals surface area contributed by atoms with Crippen LogP contribution in [0.2, 0.25) is 0 Å². The molecule has 1 aliphatic rings. The van der Waals surface area contributed by atoms with Gasteiger partial charge in [0.15, 0.2) is 0 Å². The predicted octanol–water partition coefficient (Wildman–Crippen LogP) is 4.40. The Morgan fingerprint density at radius 3 is 2.66 bits per heavy atom. The van der Waals surface area contributed by atoms with Gasteiger partial charge in [-0.2, -0.15) is 18.4 Å². The second kappa shape index (κ2) is 6.29. The van der Waals surface area contributed by atoms with E-state index < -0.39 is 27.0 Å². The van der Waals surface area contributed by atoms with Gasteiger partial charge in [-0.1, -0.05) is 19.1 Å². The molecule has 1 atom stereocenters. The summed E-state index contributed by atoms with van der Waals surface area (Å²) in [6, 6.07) is 8.12. The molecule has 1 fully saturated rings. The van der Waals surface area contributed by atoms with Gasteiger partial charge in [-0.3, -0.25) is 4.40 Å². The van der Waals surface area contributed by atoms with Crippen molar-refractivity contribution in [1.29, 1.82) is 10.0 Å². The molecule has 150 valence electrons. The minimum Gasteiger partial charge on any atom is -0.290 e. The molecule has 29 heavy (non-hydrogen) atoms. The van der Waals surface area contributed by atoms with Crippen LogP contribution in [0.4, 0.5) is 13.2 Å². The van der Waals surface area contributed by atoms with Crippen LogP contribution in [0.15, 0.2) is 41.7 Å². The van der Waals surface area contributed by atoms with Gasteiger partial charge in [0.25, 0.3) is 0 Å². The topological polar surface area (TPSA) is 94.9 Å². The molecule has 2 aromatic heterocycles. The molecule has 1 aromatic carbocycles. The number of benzene rings is 1. The van der Waals surface area contributed by atoms with Gasteiger partial charge in [-0.15, -0.1) is 0 Å². The fourth-order valence-electron chi connectivity index (χ4n) is 3.23. The maximum absolute atomic E-state index is 12.9. The SMILES string of the molecule is CCS(=N)(=O)c1cc(C2(C#N)CC2)ccc1-c1cn2cnc(C(F)(F)F)cc2n1. The van der Waals surface area contributed by atoms with Crippen LogP contribution in [0.1, 0.15) is 31.0 Å². The van der Waals surface area contributed by atoms with Gasteiger partial charge in [-0.25, -0.2) is 19.0 Å². The summed E-state index contributed by atoms with van der Waals surface area (Å²) in [5, 5.41) is 9.45. The molecule has 10 heteroatoms. The van der Waals surface area contributed by atoms with E-state index in [0.717, 1.165) is 12.4 Å². The van der Waals surface area contributed by atoms with Crippen molar-refractivity contribution in [1.82, 2.24) is 14.4 Å². The molecule has 0 bridgehead atoms. The molecule has 0 radical (unpaired) electrons. The molecule has 4 rings (SSSR count). The Balaban J connectivity index is 1.89. The molecule has 0 amide bonds. The Kier molecular flexibility index (Phi) is 4.20. The van der Waals surface area contributed by atoms with Crippen LogP contribution in [-0.4, -0.2) is 24.3 Å². The van der Waals surface area contributed by atoms with Crippen molar-refractivity contribution in [3.8, 4) is 17.3 Å². The number of hydrogen-bond acceptors (Lipinski definition) is 5. The zero-order valence-electron chi connectivity index (χ0n) is 15.3. The van der Waals surface area contributed by atoms with Gasteiger partial charge in [0.1, 0.15) is 17.7 Å². The summed E-state index contributed by atoms with van der Waals surface area (Å²) in [6.45, 7) is 1.63. The normalized spacial score (nSPS) is 17.6. The van der Waals surface area contributed by atoms with Crippen LogP contribution in [0.3, 0.4) is 0 Å². The summed E-state index contributed by atoms with van der Waals surface area (Å²) in [6.07, 6.45) is -0.672. The van der Waals surface area contributed by atoms with Crippen LogP contribution in [0, 0.1) is 16.1 Å². The third-order valence-corrected chi connectivity index (χ3v) is 7.04. The lowest BCUT2D eigenvalue weighted by Gasteiger charge is -2.14. The molecule has 1 aliphatic carbocycles. The van der Waals surface area contributed by atoms with E-state index in [1.165, 1.54) is 10.6 Å². The molecular formula is C19H16F3N5OS. The second-order valence-corrected chi connectivity index (χ2v) is 9.40. The van der Waals surface area contributed by atoms with E-state index in [0.29, 0.717) is 29.7 Å². The Labute approximate surface area is 165 Å². The fourth-order valence-corrected chi connectivity index (χ4v) is 4.38. The van der Waals surface area contributed by atoms with Gasteiger partial charge in [0.05, 0.1) is 31.8 Å². The summed E-state index contributed by atoms with van der Waals surface area (Å²) in [4.78, 5) is 7.89. The Morgan fingerprint density at radius 2 is 2.07 bits per heavy atom. The number of imidazole rings is 1.